The number of carbonyl (C=O) groups is 3. The van der Waals surface area contributed by atoms with Gasteiger partial charge < -0.3 is 25.7 Å². The first-order chi connectivity index (χ1) is 15.9. The number of amides is 3. The summed E-state index contributed by atoms with van der Waals surface area (Å²) in [5, 5.41) is 16.0. The zero-order valence-corrected chi connectivity index (χ0v) is 18.7. The van der Waals surface area contributed by atoms with E-state index < -0.39 is 18.0 Å². The van der Waals surface area contributed by atoms with E-state index in [2.05, 4.69) is 16.7 Å². The third-order valence-corrected chi connectivity index (χ3v) is 6.58. The molecule has 4 rings (SSSR count). The molecule has 2 heterocycles. The lowest BCUT2D eigenvalue weighted by Crippen LogP contribution is -2.44. The van der Waals surface area contributed by atoms with Crippen molar-refractivity contribution in [3.63, 3.8) is 0 Å². The maximum absolute atomic E-state index is 13.5. The number of nitrogens with two attached hydrogens (primary N) is 1. The smallest absolute Gasteiger partial charge is 0.265 e. The molecule has 1 saturated carbocycles. The molecular weight excluding hydrogens is 422 g/mol. The fourth-order valence-corrected chi connectivity index (χ4v) is 4.68. The number of nitrogens with zero attached hydrogens (tertiary/aromatic N) is 2. The molecule has 0 bridgehead atoms. The molecule has 9 nitrogen and oxygen atoms in total. The van der Waals surface area contributed by atoms with Crippen LogP contribution in [0.5, 0.6) is 5.75 Å². The van der Waals surface area contributed by atoms with Crippen molar-refractivity contribution in [3.8, 4) is 11.8 Å². The van der Waals surface area contributed by atoms with Crippen molar-refractivity contribution in [2.45, 2.75) is 50.6 Å². The van der Waals surface area contributed by atoms with Crippen LogP contribution in [0.1, 0.15) is 55.1 Å². The molecule has 1 saturated heterocycles. The van der Waals surface area contributed by atoms with E-state index in [4.69, 9.17) is 10.5 Å². The highest BCUT2D eigenvalue weighted by molar-refractivity contribution is 6.01. The minimum absolute atomic E-state index is 0.0789. The van der Waals surface area contributed by atoms with Crippen LogP contribution in [0.4, 0.5) is 0 Å². The number of rotatable bonds is 9. The van der Waals surface area contributed by atoms with Gasteiger partial charge in [0, 0.05) is 17.8 Å². The second-order valence-corrected chi connectivity index (χ2v) is 8.91. The molecule has 174 valence electrons. The minimum atomic E-state index is -0.804. The van der Waals surface area contributed by atoms with Gasteiger partial charge in [-0.1, -0.05) is 18.9 Å². The summed E-state index contributed by atoms with van der Waals surface area (Å²) in [6.07, 6.45) is 4.37. The Labute approximate surface area is 192 Å². The number of hydrogen-bond acceptors (Lipinski definition) is 5. The summed E-state index contributed by atoms with van der Waals surface area (Å²) >= 11 is 0. The van der Waals surface area contributed by atoms with Crippen molar-refractivity contribution in [2.75, 3.05) is 13.7 Å². The Kier molecular flexibility index (Phi) is 6.54. The van der Waals surface area contributed by atoms with Crippen molar-refractivity contribution in [1.82, 2.24) is 15.2 Å². The molecule has 1 aliphatic heterocycles. The van der Waals surface area contributed by atoms with Gasteiger partial charge in [-0.2, -0.15) is 5.26 Å². The lowest BCUT2D eigenvalue weighted by atomic mass is 9.92. The highest BCUT2D eigenvalue weighted by Gasteiger charge is 2.35. The molecule has 3 amide bonds. The van der Waals surface area contributed by atoms with Gasteiger partial charge in [-0.3, -0.25) is 14.4 Å². The molecule has 1 aliphatic carbocycles. The molecule has 2 aliphatic rings. The molecule has 1 aromatic carbocycles. The van der Waals surface area contributed by atoms with E-state index in [9.17, 15) is 19.6 Å². The lowest BCUT2D eigenvalue weighted by Gasteiger charge is -2.26. The number of piperidine rings is 1. The van der Waals surface area contributed by atoms with Crippen LogP contribution in [0.3, 0.4) is 0 Å². The highest BCUT2D eigenvalue weighted by atomic mass is 16.5. The van der Waals surface area contributed by atoms with Gasteiger partial charge in [0.25, 0.3) is 5.91 Å². The predicted octanol–water partition coefficient (Wildman–Crippen LogP) is 2.01. The van der Waals surface area contributed by atoms with Crippen LogP contribution in [0.15, 0.2) is 24.3 Å². The Bertz CT molecular complexity index is 1110. The summed E-state index contributed by atoms with van der Waals surface area (Å²) in [5.74, 6) is -0.426. The molecule has 9 heteroatoms. The van der Waals surface area contributed by atoms with Crippen LogP contribution in [-0.4, -0.2) is 42.0 Å². The van der Waals surface area contributed by atoms with Crippen LogP contribution in [0.25, 0.3) is 10.9 Å². The number of nitriles is 1. The number of ether oxygens (including phenoxy) is 1. The monoisotopic (exact) mass is 451 g/mol. The number of primary amides is 1. The normalized spacial score (nSPS) is 19.9. The number of nitrogens with one attached hydrogen (secondary N) is 2. The van der Waals surface area contributed by atoms with Crippen LogP contribution in [-0.2, 0) is 9.59 Å². The predicted molar refractivity (Wildman–Crippen MR) is 121 cm³/mol. The molecular formula is C24H29N5O4. The Morgan fingerprint density at radius 1 is 1.33 bits per heavy atom. The third kappa shape index (κ3) is 4.80. The van der Waals surface area contributed by atoms with Gasteiger partial charge in [-0.15, -0.1) is 0 Å². The average molecular weight is 452 g/mol. The van der Waals surface area contributed by atoms with E-state index in [1.807, 2.05) is 6.07 Å². The number of benzene rings is 1. The van der Waals surface area contributed by atoms with E-state index >= 15 is 0 Å². The summed E-state index contributed by atoms with van der Waals surface area (Å²) < 4.78 is 7.12. The molecule has 1 aromatic heterocycles. The molecule has 2 aromatic rings. The van der Waals surface area contributed by atoms with Crippen molar-refractivity contribution in [3.05, 3.63) is 30.0 Å². The van der Waals surface area contributed by atoms with Crippen molar-refractivity contribution >= 4 is 28.6 Å². The topological polar surface area (TPSA) is 139 Å². The third-order valence-electron chi connectivity index (χ3n) is 6.58. The van der Waals surface area contributed by atoms with Crippen LogP contribution in [0, 0.1) is 23.2 Å². The SMILES string of the molecule is COc1cccc2c1cc(C(N)=O)n2[C@@H](CC1CC1)C(=O)N[C@@H](C#N)C[C@@H]1CCCNC1=O. The first-order valence-electron chi connectivity index (χ1n) is 11.4. The summed E-state index contributed by atoms with van der Waals surface area (Å²) in [6, 6.07) is 7.68. The van der Waals surface area contributed by atoms with Gasteiger partial charge in [0.15, 0.2) is 0 Å². The van der Waals surface area contributed by atoms with Gasteiger partial charge >= 0.3 is 0 Å². The molecule has 0 spiro atoms. The zero-order valence-electron chi connectivity index (χ0n) is 18.7. The molecule has 3 atom stereocenters. The number of fused-ring (bicyclic) bond motifs is 1. The Morgan fingerprint density at radius 2 is 2.12 bits per heavy atom. The fourth-order valence-electron chi connectivity index (χ4n) is 4.68. The van der Waals surface area contributed by atoms with Crippen molar-refractivity contribution in [2.24, 2.45) is 17.6 Å². The Morgan fingerprint density at radius 3 is 2.76 bits per heavy atom. The van der Waals surface area contributed by atoms with E-state index in [0.29, 0.717) is 42.0 Å². The first-order valence-corrected chi connectivity index (χ1v) is 11.4. The van der Waals surface area contributed by atoms with E-state index in [-0.39, 0.29) is 29.8 Å². The molecule has 4 N–H and O–H groups in total. The minimum Gasteiger partial charge on any atom is -0.496 e. The summed E-state index contributed by atoms with van der Waals surface area (Å²) in [4.78, 5) is 38.0. The van der Waals surface area contributed by atoms with E-state index in [1.54, 1.807) is 29.9 Å². The molecule has 2 fully saturated rings. The lowest BCUT2D eigenvalue weighted by molar-refractivity contribution is -0.128. The Balaban J connectivity index is 1.65. The van der Waals surface area contributed by atoms with Gasteiger partial charge in [0.05, 0.1) is 18.7 Å². The van der Waals surface area contributed by atoms with Gasteiger partial charge in [0.2, 0.25) is 11.8 Å². The van der Waals surface area contributed by atoms with Crippen molar-refractivity contribution < 1.29 is 19.1 Å². The zero-order chi connectivity index (χ0) is 23.5. The fraction of sp³-hybridized carbons (Fsp3) is 0.500. The second kappa shape index (κ2) is 9.53. The molecule has 0 radical (unpaired) electrons. The van der Waals surface area contributed by atoms with Gasteiger partial charge in [0.1, 0.15) is 23.5 Å². The summed E-state index contributed by atoms with van der Waals surface area (Å²) in [5.41, 5.74) is 6.58. The van der Waals surface area contributed by atoms with Crippen LogP contribution >= 0.6 is 0 Å². The molecule has 33 heavy (non-hydrogen) atoms. The highest BCUT2D eigenvalue weighted by Crippen LogP contribution is 2.40. The average Bonchev–Trinajstić information content (AvgIpc) is 3.55. The van der Waals surface area contributed by atoms with E-state index in [1.165, 1.54) is 0 Å². The molecule has 0 unspecified atom stereocenters. The largest absolute Gasteiger partial charge is 0.496 e. The van der Waals surface area contributed by atoms with Crippen molar-refractivity contribution in [1.29, 1.82) is 5.26 Å². The van der Waals surface area contributed by atoms with Gasteiger partial charge in [-0.25, -0.2) is 0 Å². The first kappa shape index (κ1) is 22.6. The Hall–Kier alpha value is -3.54. The van der Waals surface area contributed by atoms with Gasteiger partial charge in [-0.05, 0) is 49.8 Å². The summed E-state index contributed by atoms with van der Waals surface area (Å²) in [6.45, 7) is 0.641. The maximum atomic E-state index is 13.5. The standard InChI is InChI=1S/C24H29N5O4/c1-33-21-6-2-5-18-17(21)12-19(22(26)30)29(18)20(10-14-7-8-14)24(32)28-16(13-25)11-15-4-3-9-27-23(15)31/h2,5-6,12,14-16,20H,3-4,7-11H2,1H3,(H2,26,30)(H,27,31)(H,28,32)/t15-,16+,20-/m0/s1. The number of aromatic nitrogens is 1. The number of methoxy groups -OCH3 is 1. The quantitative estimate of drug-likeness (QED) is 0.535. The summed E-state index contributed by atoms with van der Waals surface area (Å²) in [7, 11) is 1.55. The van der Waals surface area contributed by atoms with Crippen LogP contribution in [0.2, 0.25) is 0 Å². The number of hydrogen-bond donors (Lipinski definition) is 3. The van der Waals surface area contributed by atoms with E-state index in [0.717, 1.165) is 19.3 Å². The number of carbonyl (C=O) groups excluding carboxylic acids is 3. The second-order valence-electron chi connectivity index (χ2n) is 8.91. The maximum Gasteiger partial charge on any atom is 0.265 e. The van der Waals surface area contributed by atoms with Crippen LogP contribution < -0.4 is 21.1 Å².